The normalized spacial score (nSPS) is 12.7. The van der Waals surface area contributed by atoms with Gasteiger partial charge in [-0.3, -0.25) is 9.59 Å². The van der Waals surface area contributed by atoms with Crippen molar-refractivity contribution in [3.63, 3.8) is 0 Å². The highest BCUT2D eigenvalue weighted by molar-refractivity contribution is 6.30. The number of nitrogens with zero attached hydrogens (tertiary/aromatic N) is 1. The van der Waals surface area contributed by atoms with Crippen molar-refractivity contribution in [3.05, 3.63) is 59.2 Å². The van der Waals surface area contributed by atoms with Crippen molar-refractivity contribution in [2.45, 2.75) is 39.3 Å². The maximum absolute atomic E-state index is 12.5. The zero-order valence-corrected chi connectivity index (χ0v) is 17.3. The molecule has 2 aromatic rings. The second-order valence-corrected chi connectivity index (χ2v) is 7.32. The molecular formula is C21H24ClN3O4. The lowest BCUT2D eigenvalue weighted by Gasteiger charge is -2.23. The van der Waals surface area contributed by atoms with Gasteiger partial charge >= 0.3 is 5.97 Å². The summed E-state index contributed by atoms with van der Waals surface area (Å²) in [5.74, 6) is -1.43. The zero-order valence-electron chi connectivity index (χ0n) is 16.5. The number of anilines is 1. The SMILES string of the molecule is CC(C)[C@H](NC(=O)Cc1ccccc1)C(=O)O[C@@H](C)C(=O)Nc1ccc(Cl)cn1. The van der Waals surface area contributed by atoms with Crippen molar-refractivity contribution in [1.29, 1.82) is 0 Å². The number of amides is 2. The van der Waals surface area contributed by atoms with Gasteiger partial charge < -0.3 is 15.4 Å². The molecule has 7 nitrogen and oxygen atoms in total. The molecule has 0 aliphatic heterocycles. The molecule has 1 aromatic heterocycles. The van der Waals surface area contributed by atoms with E-state index in [-0.39, 0.29) is 18.2 Å². The summed E-state index contributed by atoms with van der Waals surface area (Å²) < 4.78 is 5.26. The minimum absolute atomic E-state index is 0.148. The van der Waals surface area contributed by atoms with E-state index in [0.29, 0.717) is 10.8 Å². The van der Waals surface area contributed by atoms with Crippen LogP contribution in [0, 0.1) is 5.92 Å². The third-order valence-corrected chi connectivity index (χ3v) is 4.31. The fourth-order valence-corrected chi connectivity index (χ4v) is 2.59. The Bertz CT molecular complexity index is 841. The lowest BCUT2D eigenvalue weighted by atomic mass is 10.0. The number of pyridine rings is 1. The van der Waals surface area contributed by atoms with Crippen LogP contribution in [-0.4, -0.2) is 34.9 Å². The quantitative estimate of drug-likeness (QED) is 0.643. The van der Waals surface area contributed by atoms with Gasteiger partial charge in [0.15, 0.2) is 6.10 Å². The van der Waals surface area contributed by atoms with Crippen molar-refractivity contribution < 1.29 is 19.1 Å². The number of aromatic nitrogens is 1. The molecule has 0 saturated heterocycles. The highest BCUT2D eigenvalue weighted by Gasteiger charge is 2.29. The second-order valence-electron chi connectivity index (χ2n) is 6.88. The van der Waals surface area contributed by atoms with E-state index < -0.39 is 24.0 Å². The molecule has 0 saturated carbocycles. The summed E-state index contributed by atoms with van der Waals surface area (Å²) in [5, 5.41) is 5.67. The number of rotatable bonds is 8. The van der Waals surface area contributed by atoms with Gasteiger partial charge in [0.1, 0.15) is 11.9 Å². The summed E-state index contributed by atoms with van der Waals surface area (Å²) in [7, 11) is 0. The first kappa shape index (κ1) is 22.4. The average molecular weight is 418 g/mol. The largest absolute Gasteiger partial charge is 0.451 e. The second kappa shape index (κ2) is 10.6. The minimum atomic E-state index is -1.06. The topological polar surface area (TPSA) is 97.4 Å². The minimum Gasteiger partial charge on any atom is -0.451 e. The standard InChI is InChI=1S/C21H24ClN3O4/c1-13(2)19(25-18(26)11-15-7-5-4-6-8-15)21(28)29-14(3)20(27)24-17-10-9-16(22)12-23-17/h4-10,12-14,19H,11H2,1-3H3,(H,25,26)(H,23,24,27)/t14-,19-/m0/s1. The molecule has 0 unspecified atom stereocenters. The van der Waals surface area contributed by atoms with Crippen LogP contribution in [0.1, 0.15) is 26.3 Å². The van der Waals surface area contributed by atoms with Gasteiger partial charge in [0.2, 0.25) is 5.91 Å². The maximum atomic E-state index is 12.5. The van der Waals surface area contributed by atoms with Crippen LogP contribution in [0.2, 0.25) is 5.02 Å². The number of hydrogen-bond acceptors (Lipinski definition) is 5. The van der Waals surface area contributed by atoms with Crippen LogP contribution in [0.15, 0.2) is 48.7 Å². The average Bonchev–Trinajstić information content (AvgIpc) is 2.68. The predicted octanol–water partition coefficient (Wildman–Crippen LogP) is 2.99. The Morgan fingerprint density at radius 3 is 2.34 bits per heavy atom. The number of benzene rings is 1. The van der Waals surface area contributed by atoms with Crippen LogP contribution >= 0.6 is 11.6 Å². The Kier molecular flexibility index (Phi) is 8.15. The zero-order chi connectivity index (χ0) is 21.4. The Hall–Kier alpha value is -2.93. The van der Waals surface area contributed by atoms with Crippen molar-refractivity contribution in [2.75, 3.05) is 5.32 Å². The molecule has 29 heavy (non-hydrogen) atoms. The monoisotopic (exact) mass is 417 g/mol. The first-order valence-electron chi connectivity index (χ1n) is 9.22. The summed E-state index contributed by atoms with van der Waals surface area (Å²) in [6.45, 7) is 5.03. The van der Waals surface area contributed by atoms with Gasteiger partial charge in [-0.1, -0.05) is 55.8 Å². The number of esters is 1. The Labute approximate surface area is 174 Å². The van der Waals surface area contributed by atoms with Gasteiger partial charge in [-0.15, -0.1) is 0 Å². The lowest BCUT2D eigenvalue weighted by Crippen LogP contribution is -2.47. The molecule has 2 amide bonds. The third-order valence-electron chi connectivity index (χ3n) is 4.09. The smallest absolute Gasteiger partial charge is 0.329 e. The van der Waals surface area contributed by atoms with Crippen LogP contribution in [0.25, 0.3) is 0 Å². The molecule has 0 fully saturated rings. The Balaban J connectivity index is 1.92. The highest BCUT2D eigenvalue weighted by Crippen LogP contribution is 2.11. The van der Waals surface area contributed by atoms with Crippen LogP contribution in [0.5, 0.6) is 0 Å². The van der Waals surface area contributed by atoms with Crippen LogP contribution in [0.3, 0.4) is 0 Å². The third kappa shape index (κ3) is 7.19. The van der Waals surface area contributed by atoms with E-state index in [1.54, 1.807) is 19.9 Å². The number of carbonyl (C=O) groups is 3. The van der Waals surface area contributed by atoms with Crippen LogP contribution in [0.4, 0.5) is 5.82 Å². The molecule has 154 valence electrons. The molecular weight excluding hydrogens is 394 g/mol. The Morgan fingerprint density at radius 1 is 1.07 bits per heavy atom. The predicted molar refractivity (Wildman–Crippen MR) is 110 cm³/mol. The highest BCUT2D eigenvalue weighted by atomic mass is 35.5. The summed E-state index contributed by atoms with van der Waals surface area (Å²) in [6.07, 6.45) is 0.479. The van der Waals surface area contributed by atoms with E-state index in [9.17, 15) is 14.4 Å². The van der Waals surface area contributed by atoms with Crippen molar-refractivity contribution in [1.82, 2.24) is 10.3 Å². The number of carbonyl (C=O) groups excluding carboxylic acids is 3. The first-order valence-corrected chi connectivity index (χ1v) is 9.60. The molecule has 1 aromatic carbocycles. The van der Waals surface area contributed by atoms with Crippen LogP contribution < -0.4 is 10.6 Å². The summed E-state index contributed by atoms with van der Waals surface area (Å²) in [5.41, 5.74) is 0.837. The van der Waals surface area contributed by atoms with Gasteiger partial charge in [-0.05, 0) is 30.5 Å². The van der Waals surface area contributed by atoms with Crippen molar-refractivity contribution in [2.24, 2.45) is 5.92 Å². The van der Waals surface area contributed by atoms with E-state index in [2.05, 4.69) is 15.6 Å². The number of hydrogen-bond donors (Lipinski definition) is 2. The maximum Gasteiger partial charge on any atom is 0.329 e. The fraction of sp³-hybridized carbons (Fsp3) is 0.333. The van der Waals surface area contributed by atoms with Crippen molar-refractivity contribution in [3.8, 4) is 0 Å². The Morgan fingerprint density at radius 2 is 1.76 bits per heavy atom. The van der Waals surface area contributed by atoms with E-state index in [4.69, 9.17) is 16.3 Å². The van der Waals surface area contributed by atoms with E-state index >= 15 is 0 Å². The van der Waals surface area contributed by atoms with Gasteiger partial charge in [-0.25, -0.2) is 9.78 Å². The molecule has 2 atom stereocenters. The number of ether oxygens (including phenoxy) is 1. The van der Waals surface area contributed by atoms with Crippen molar-refractivity contribution >= 4 is 35.2 Å². The fourth-order valence-electron chi connectivity index (χ4n) is 2.48. The van der Waals surface area contributed by atoms with E-state index in [0.717, 1.165) is 5.56 Å². The van der Waals surface area contributed by atoms with Gasteiger partial charge in [0.05, 0.1) is 11.4 Å². The molecule has 2 N–H and O–H groups in total. The lowest BCUT2D eigenvalue weighted by molar-refractivity contribution is -0.157. The van der Waals surface area contributed by atoms with E-state index in [1.165, 1.54) is 19.2 Å². The molecule has 1 heterocycles. The van der Waals surface area contributed by atoms with Gasteiger partial charge in [-0.2, -0.15) is 0 Å². The molecule has 0 spiro atoms. The first-order chi connectivity index (χ1) is 13.8. The summed E-state index contributed by atoms with van der Waals surface area (Å²) >= 11 is 5.76. The molecule has 0 radical (unpaired) electrons. The molecule has 8 heteroatoms. The summed E-state index contributed by atoms with van der Waals surface area (Å²) in [4.78, 5) is 41.0. The van der Waals surface area contributed by atoms with Crippen LogP contribution in [-0.2, 0) is 25.5 Å². The molecule has 0 aliphatic rings. The molecule has 0 bridgehead atoms. The molecule has 2 rings (SSSR count). The molecule has 0 aliphatic carbocycles. The number of halogens is 1. The van der Waals surface area contributed by atoms with Gasteiger partial charge in [0, 0.05) is 6.20 Å². The number of nitrogens with one attached hydrogen (secondary N) is 2. The van der Waals surface area contributed by atoms with E-state index in [1.807, 2.05) is 30.3 Å². The summed E-state index contributed by atoms with van der Waals surface area (Å²) in [6, 6.07) is 11.5. The van der Waals surface area contributed by atoms with Gasteiger partial charge in [0.25, 0.3) is 5.91 Å².